The van der Waals surface area contributed by atoms with Crippen LogP contribution in [0.4, 0.5) is 5.69 Å². The number of rotatable bonds is 11. The fraction of sp³-hybridized carbons (Fsp3) is 0.308. The van der Waals surface area contributed by atoms with Crippen LogP contribution < -0.4 is 19.1 Å². The maximum Gasteiger partial charge on any atom is 0.253 e. The van der Waals surface area contributed by atoms with Crippen molar-refractivity contribution in [3.63, 3.8) is 0 Å². The summed E-state index contributed by atoms with van der Waals surface area (Å²) in [6.45, 7) is 2.34. The van der Waals surface area contributed by atoms with E-state index in [4.69, 9.17) is 14.2 Å². The Bertz CT molecular complexity index is 1360. The Hall–Kier alpha value is -3.41. The highest BCUT2D eigenvalue weighted by Gasteiger charge is 2.47. The monoisotopic (exact) mass is 544 g/mol. The Morgan fingerprint density at radius 2 is 1.76 bits per heavy atom. The highest BCUT2D eigenvalue weighted by Crippen LogP contribution is 2.32. The van der Waals surface area contributed by atoms with Crippen LogP contribution in [0.2, 0.25) is 0 Å². The van der Waals surface area contributed by atoms with Gasteiger partial charge in [-0.05, 0) is 66.8 Å². The Morgan fingerprint density at radius 3 is 2.38 bits per heavy atom. The topological polar surface area (TPSA) is 102 Å². The van der Waals surface area contributed by atoms with Gasteiger partial charge in [-0.1, -0.05) is 12.1 Å². The molecular formula is C26H28N2O7S2. The molecule has 1 atom stereocenters. The maximum atomic E-state index is 13.6. The minimum absolute atomic E-state index is 0.00345. The third-order valence-electron chi connectivity index (χ3n) is 6.00. The molecule has 0 aliphatic carbocycles. The fourth-order valence-electron chi connectivity index (χ4n) is 4.22. The smallest absolute Gasteiger partial charge is 0.253 e. The number of nitrogens with zero attached hydrogens (tertiary/aromatic N) is 2. The second-order valence-corrected chi connectivity index (χ2v) is 11.3. The summed E-state index contributed by atoms with van der Waals surface area (Å²) in [7, 11) is -0.985. The molecule has 9 nitrogen and oxygen atoms in total. The van der Waals surface area contributed by atoms with Crippen LogP contribution in [0.25, 0.3) is 0 Å². The van der Waals surface area contributed by atoms with E-state index in [0.29, 0.717) is 36.0 Å². The normalized spacial score (nSPS) is 15.9. The SMILES string of the molecule is CCOc1ccc(N2C(=O)CC(N(CCc3ccc(OC)c(OC)c3)S(=O)(=O)c3cccs3)C2=O)cc1. The molecule has 11 heteroatoms. The second-order valence-electron chi connectivity index (χ2n) is 8.20. The molecule has 2 aromatic carbocycles. The van der Waals surface area contributed by atoms with Gasteiger partial charge in [-0.3, -0.25) is 9.59 Å². The molecule has 1 aromatic heterocycles. The molecule has 1 aliphatic heterocycles. The number of anilines is 1. The third-order valence-corrected chi connectivity index (χ3v) is 9.28. The van der Waals surface area contributed by atoms with E-state index in [0.717, 1.165) is 26.1 Å². The molecule has 1 saturated heterocycles. The lowest BCUT2D eigenvalue weighted by Crippen LogP contribution is -2.46. The molecule has 0 bridgehead atoms. The van der Waals surface area contributed by atoms with Crippen LogP contribution in [0, 0.1) is 0 Å². The average Bonchev–Trinajstić information content (AvgIpc) is 3.54. The summed E-state index contributed by atoms with van der Waals surface area (Å²) in [5.41, 5.74) is 1.17. The van der Waals surface area contributed by atoms with Crippen molar-refractivity contribution in [2.75, 3.05) is 32.3 Å². The summed E-state index contributed by atoms with van der Waals surface area (Å²) in [4.78, 5) is 27.5. The Balaban J connectivity index is 1.63. The average molecular weight is 545 g/mol. The number of hydrogen-bond donors (Lipinski definition) is 0. The fourth-order valence-corrected chi connectivity index (χ4v) is 6.92. The summed E-state index contributed by atoms with van der Waals surface area (Å²) < 4.78 is 44.6. The Morgan fingerprint density at radius 1 is 1.03 bits per heavy atom. The van der Waals surface area contributed by atoms with E-state index < -0.39 is 27.9 Å². The van der Waals surface area contributed by atoms with E-state index in [9.17, 15) is 18.0 Å². The molecule has 0 saturated carbocycles. The van der Waals surface area contributed by atoms with Crippen molar-refractivity contribution in [2.24, 2.45) is 0 Å². The summed E-state index contributed by atoms with van der Waals surface area (Å²) >= 11 is 1.07. The number of carbonyl (C=O) groups is 2. The lowest BCUT2D eigenvalue weighted by atomic mass is 10.1. The second kappa shape index (κ2) is 11.3. The zero-order valence-corrected chi connectivity index (χ0v) is 22.4. The van der Waals surface area contributed by atoms with Gasteiger partial charge in [0.2, 0.25) is 5.91 Å². The van der Waals surface area contributed by atoms with E-state index in [2.05, 4.69) is 0 Å². The minimum Gasteiger partial charge on any atom is -0.494 e. The number of benzene rings is 2. The van der Waals surface area contributed by atoms with Gasteiger partial charge < -0.3 is 14.2 Å². The van der Waals surface area contributed by atoms with Crippen molar-refractivity contribution >= 4 is 38.9 Å². The van der Waals surface area contributed by atoms with Crippen LogP contribution in [0.15, 0.2) is 64.2 Å². The van der Waals surface area contributed by atoms with E-state index in [-0.39, 0.29) is 17.2 Å². The number of thiophene rings is 1. The third kappa shape index (κ3) is 5.48. The zero-order chi connectivity index (χ0) is 26.6. The minimum atomic E-state index is -4.04. The Kier molecular flexibility index (Phi) is 8.16. The molecule has 37 heavy (non-hydrogen) atoms. The molecule has 4 rings (SSSR count). The van der Waals surface area contributed by atoms with Crippen molar-refractivity contribution in [2.45, 2.75) is 30.0 Å². The molecule has 2 amide bonds. The number of amides is 2. The van der Waals surface area contributed by atoms with Crippen molar-refractivity contribution in [3.8, 4) is 17.2 Å². The maximum absolute atomic E-state index is 13.6. The first-order valence-electron chi connectivity index (χ1n) is 11.7. The molecule has 196 valence electrons. The van der Waals surface area contributed by atoms with Crippen LogP contribution in [0.3, 0.4) is 0 Å². The molecule has 3 aromatic rings. The van der Waals surface area contributed by atoms with E-state index in [1.165, 1.54) is 20.3 Å². The molecular weight excluding hydrogens is 516 g/mol. The van der Waals surface area contributed by atoms with E-state index in [1.807, 2.05) is 13.0 Å². The number of carbonyl (C=O) groups excluding carboxylic acids is 2. The van der Waals surface area contributed by atoms with Gasteiger partial charge in [0.1, 0.15) is 16.0 Å². The number of methoxy groups -OCH3 is 2. The van der Waals surface area contributed by atoms with Gasteiger partial charge in [0, 0.05) is 6.54 Å². The number of ether oxygens (including phenoxy) is 3. The van der Waals surface area contributed by atoms with Crippen molar-refractivity contribution in [3.05, 3.63) is 65.5 Å². The molecule has 1 fully saturated rings. The van der Waals surface area contributed by atoms with Crippen LogP contribution in [-0.2, 0) is 26.0 Å². The summed E-state index contributed by atoms with van der Waals surface area (Å²) in [5.74, 6) is 0.635. The van der Waals surface area contributed by atoms with Crippen LogP contribution in [0.1, 0.15) is 18.9 Å². The first-order chi connectivity index (χ1) is 17.8. The molecule has 2 heterocycles. The largest absolute Gasteiger partial charge is 0.494 e. The molecule has 0 spiro atoms. The van der Waals surface area contributed by atoms with Gasteiger partial charge in [0.05, 0.1) is 32.9 Å². The zero-order valence-electron chi connectivity index (χ0n) is 20.7. The van der Waals surface area contributed by atoms with Gasteiger partial charge in [-0.15, -0.1) is 11.3 Å². The predicted molar refractivity (Wildman–Crippen MR) is 140 cm³/mol. The number of sulfonamides is 1. The van der Waals surface area contributed by atoms with E-state index >= 15 is 0 Å². The van der Waals surface area contributed by atoms with Crippen molar-refractivity contribution in [1.29, 1.82) is 0 Å². The van der Waals surface area contributed by atoms with Crippen LogP contribution in [0.5, 0.6) is 17.2 Å². The first kappa shape index (κ1) is 26.6. The summed E-state index contributed by atoms with van der Waals surface area (Å²) in [6.07, 6.45) is 0.0502. The Labute approximate surface area is 220 Å². The van der Waals surface area contributed by atoms with Crippen molar-refractivity contribution < 1.29 is 32.2 Å². The van der Waals surface area contributed by atoms with Gasteiger partial charge in [0.25, 0.3) is 15.9 Å². The lowest BCUT2D eigenvalue weighted by molar-refractivity contribution is -0.122. The molecule has 1 unspecified atom stereocenters. The highest BCUT2D eigenvalue weighted by molar-refractivity contribution is 7.91. The van der Waals surface area contributed by atoms with E-state index in [1.54, 1.807) is 47.8 Å². The van der Waals surface area contributed by atoms with Crippen LogP contribution >= 0.6 is 11.3 Å². The molecule has 0 radical (unpaired) electrons. The summed E-state index contributed by atoms with van der Waals surface area (Å²) in [6, 6.07) is 13.9. The van der Waals surface area contributed by atoms with Gasteiger partial charge >= 0.3 is 0 Å². The quantitative estimate of drug-likeness (QED) is 0.339. The first-order valence-corrected chi connectivity index (χ1v) is 14.0. The highest BCUT2D eigenvalue weighted by atomic mass is 32.2. The van der Waals surface area contributed by atoms with Crippen LogP contribution in [-0.4, -0.2) is 58.0 Å². The number of hydrogen-bond acceptors (Lipinski definition) is 8. The van der Waals surface area contributed by atoms with Gasteiger partial charge in [0.15, 0.2) is 11.5 Å². The molecule has 1 aliphatic rings. The predicted octanol–water partition coefficient (Wildman–Crippen LogP) is 3.73. The molecule has 0 N–H and O–H groups in total. The van der Waals surface area contributed by atoms with Crippen molar-refractivity contribution in [1.82, 2.24) is 4.31 Å². The summed E-state index contributed by atoms with van der Waals surface area (Å²) in [5, 5.41) is 1.66. The standard InChI is InChI=1S/C26H28N2O7S2/c1-4-35-20-10-8-19(9-11-20)28-24(29)17-21(26(28)30)27(37(31,32)25-6-5-15-36-25)14-13-18-7-12-22(33-2)23(16-18)34-3/h5-12,15-16,21H,4,13-14,17H2,1-3H3. The number of imide groups is 1. The van der Waals surface area contributed by atoms with Gasteiger partial charge in [-0.25, -0.2) is 13.3 Å². The lowest BCUT2D eigenvalue weighted by Gasteiger charge is -2.26. The van der Waals surface area contributed by atoms with Gasteiger partial charge in [-0.2, -0.15) is 4.31 Å².